The third-order valence-corrected chi connectivity index (χ3v) is 5.30. The highest BCUT2D eigenvalue weighted by atomic mass is 16.5. The minimum absolute atomic E-state index is 0.177. The Morgan fingerprint density at radius 2 is 2.19 bits per heavy atom. The Balaban J connectivity index is 1.64. The standard InChI is InChI=1S/C19H20N6O2/c1-12-16-9-25-19(21-17(22-25)10-23-7-3-4-18(23)26)14-8-13(27-2)5-6-15(14)24(16)11-20-12/h5-6,8,11H,3-4,7,9-10H2,1-2H3. The number of rotatable bonds is 3. The highest BCUT2D eigenvalue weighted by Crippen LogP contribution is 2.34. The van der Waals surface area contributed by atoms with E-state index in [1.165, 1.54) is 0 Å². The number of nitrogens with zero attached hydrogens (tertiary/aromatic N) is 6. The lowest BCUT2D eigenvalue weighted by molar-refractivity contribution is -0.128. The van der Waals surface area contributed by atoms with E-state index in [9.17, 15) is 4.79 Å². The van der Waals surface area contributed by atoms with E-state index in [1.54, 1.807) is 7.11 Å². The molecule has 0 unspecified atom stereocenters. The van der Waals surface area contributed by atoms with Gasteiger partial charge >= 0.3 is 0 Å². The van der Waals surface area contributed by atoms with Crippen LogP contribution in [-0.2, 0) is 17.9 Å². The maximum atomic E-state index is 12.0. The Morgan fingerprint density at radius 3 is 2.96 bits per heavy atom. The van der Waals surface area contributed by atoms with Crippen LogP contribution in [0.4, 0.5) is 0 Å². The van der Waals surface area contributed by atoms with Gasteiger partial charge in [-0.15, -0.1) is 0 Å². The van der Waals surface area contributed by atoms with Gasteiger partial charge in [-0.05, 0) is 31.5 Å². The van der Waals surface area contributed by atoms with Gasteiger partial charge in [-0.2, -0.15) is 5.10 Å². The fourth-order valence-corrected chi connectivity index (χ4v) is 3.84. The molecule has 0 aliphatic carbocycles. The van der Waals surface area contributed by atoms with Gasteiger partial charge in [0.05, 0.1) is 43.6 Å². The van der Waals surface area contributed by atoms with Crippen LogP contribution >= 0.6 is 0 Å². The maximum Gasteiger partial charge on any atom is 0.223 e. The molecule has 138 valence electrons. The van der Waals surface area contributed by atoms with Crippen LogP contribution in [0, 0.1) is 6.92 Å². The minimum Gasteiger partial charge on any atom is -0.497 e. The zero-order valence-corrected chi connectivity index (χ0v) is 15.3. The number of hydrogen-bond donors (Lipinski definition) is 0. The second-order valence-electron chi connectivity index (χ2n) is 6.96. The molecule has 5 rings (SSSR count). The second-order valence-corrected chi connectivity index (χ2v) is 6.96. The lowest BCUT2D eigenvalue weighted by Gasteiger charge is -2.12. The van der Waals surface area contributed by atoms with Gasteiger partial charge in [-0.1, -0.05) is 0 Å². The van der Waals surface area contributed by atoms with Gasteiger partial charge < -0.3 is 14.2 Å². The SMILES string of the molecule is COc1ccc2c(c1)-c1nc(CN3CCCC3=O)nn1Cc1c(C)ncn1-2. The molecule has 0 atom stereocenters. The van der Waals surface area contributed by atoms with Crippen LogP contribution in [0.15, 0.2) is 24.5 Å². The fourth-order valence-electron chi connectivity index (χ4n) is 3.84. The first kappa shape index (κ1) is 16.0. The zero-order valence-electron chi connectivity index (χ0n) is 15.3. The molecule has 2 aliphatic rings. The van der Waals surface area contributed by atoms with E-state index >= 15 is 0 Å². The molecule has 0 radical (unpaired) electrons. The number of benzene rings is 1. The van der Waals surface area contributed by atoms with E-state index in [0.29, 0.717) is 25.3 Å². The molecule has 1 fully saturated rings. The van der Waals surface area contributed by atoms with Crippen molar-refractivity contribution < 1.29 is 9.53 Å². The Kier molecular flexibility index (Phi) is 3.53. The molecule has 1 aromatic carbocycles. The highest BCUT2D eigenvalue weighted by molar-refractivity contribution is 5.78. The Morgan fingerprint density at radius 1 is 1.30 bits per heavy atom. The van der Waals surface area contributed by atoms with Crippen molar-refractivity contribution >= 4 is 5.91 Å². The van der Waals surface area contributed by atoms with Gasteiger partial charge in [0, 0.05) is 18.5 Å². The summed E-state index contributed by atoms with van der Waals surface area (Å²) in [5.74, 6) is 2.39. The normalized spacial score (nSPS) is 15.3. The molecule has 2 aliphatic heterocycles. The number of carbonyl (C=O) groups is 1. The van der Waals surface area contributed by atoms with E-state index in [0.717, 1.165) is 47.2 Å². The third-order valence-electron chi connectivity index (χ3n) is 5.30. The number of aryl methyl sites for hydroxylation is 1. The van der Waals surface area contributed by atoms with Crippen molar-refractivity contribution in [3.63, 3.8) is 0 Å². The van der Waals surface area contributed by atoms with Crippen molar-refractivity contribution in [3.05, 3.63) is 41.7 Å². The second kappa shape index (κ2) is 5.94. The summed E-state index contributed by atoms with van der Waals surface area (Å²) >= 11 is 0. The van der Waals surface area contributed by atoms with E-state index < -0.39 is 0 Å². The average molecular weight is 364 g/mol. The third kappa shape index (κ3) is 2.51. The number of carbonyl (C=O) groups excluding carboxylic acids is 1. The summed E-state index contributed by atoms with van der Waals surface area (Å²) < 4.78 is 9.41. The van der Waals surface area contributed by atoms with Gasteiger partial charge in [0.25, 0.3) is 0 Å². The summed E-state index contributed by atoms with van der Waals surface area (Å²) in [5.41, 5.74) is 3.99. The van der Waals surface area contributed by atoms with Crippen molar-refractivity contribution in [3.8, 4) is 22.8 Å². The van der Waals surface area contributed by atoms with E-state index in [-0.39, 0.29) is 5.91 Å². The van der Waals surface area contributed by atoms with Crippen molar-refractivity contribution in [2.24, 2.45) is 0 Å². The quantitative estimate of drug-likeness (QED) is 0.555. The van der Waals surface area contributed by atoms with E-state index in [1.807, 2.05) is 41.0 Å². The first-order valence-corrected chi connectivity index (χ1v) is 9.07. The van der Waals surface area contributed by atoms with Crippen molar-refractivity contribution in [1.82, 2.24) is 29.2 Å². The van der Waals surface area contributed by atoms with Crippen molar-refractivity contribution in [1.29, 1.82) is 0 Å². The van der Waals surface area contributed by atoms with Gasteiger partial charge in [-0.3, -0.25) is 4.79 Å². The summed E-state index contributed by atoms with van der Waals surface area (Å²) in [6.07, 6.45) is 3.36. The van der Waals surface area contributed by atoms with E-state index in [4.69, 9.17) is 14.8 Å². The number of methoxy groups -OCH3 is 1. The molecule has 1 saturated heterocycles. The van der Waals surface area contributed by atoms with Crippen LogP contribution in [0.5, 0.6) is 5.75 Å². The molecule has 8 nitrogen and oxygen atoms in total. The molecule has 1 amide bonds. The molecule has 27 heavy (non-hydrogen) atoms. The number of fused-ring (bicyclic) bond motifs is 5. The van der Waals surface area contributed by atoms with Crippen LogP contribution < -0.4 is 4.74 Å². The van der Waals surface area contributed by atoms with Crippen LogP contribution in [0.2, 0.25) is 0 Å². The Labute approximate surface area is 156 Å². The van der Waals surface area contributed by atoms with Crippen molar-refractivity contribution in [2.75, 3.05) is 13.7 Å². The lowest BCUT2D eigenvalue weighted by Crippen LogP contribution is -2.24. The summed E-state index contributed by atoms with van der Waals surface area (Å²) in [4.78, 5) is 23.1. The number of hydrogen-bond acceptors (Lipinski definition) is 5. The Hall–Kier alpha value is -3.16. The molecule has 0 saturated carbocycles. The topological polar surface area (TPSA) is 78.1 Å². The van der Waals surface area contributed by atoms with Crippen LogP contribution in [-0.4, -0.2) is 48.8 Å². The zero-order chi connectivity index (χ0) is 18.5. The maximum absolute atomic E-state index is 12.0. The molecule has 0 spiro atoms. The number of amides is 1. The number of imidazole rings is 1. The largest absolute Gasteiger partial charge is 0.497 e. The summed E-state index contributed by atoms with van der Waals surface area (Å²) in [7, 11) is 1.65. The number of ether oxygens (including phenoxy) is 1. The number of likely N-dealkylation sites (tertiary alicyclic amines) is 1. The predicted molar refractivity (Wildman–Crippen MR) is 97.6 cm³/mol. The molecule has 2 aromatic heterocycles. The Bertz CT molecular complexity index is 1050. The summed E-state index contributed by atoms with van der Waals surface area (Å²) in [6, 6.07) is 5.94. The molecule has 0 bridgehead atoms. The summed E-state index contributed by atoms with van der Waals surface area (Å²) in [6.45, 7) is 3.81. The van der Waals surface area contributed by atoms with Crippen molar-refractivity contribution in [2.45, 2.75) is 32.9 Å². The van der Waals surface area contributed by atoms with Gasteiger partial charge in [0.1, 0.15) is 5.75 Å². The highest BCUT2D eigenvalue weighted by Gasteiger charge is 2.26. The minimum atomic E-state index is 0.177. The lowest BCUT2D eigenvalue weighted by atomic mass is 10.1. The number of aromatic nitrogens is 5. The van der Waals surface area contributed by atoms with Crippen LogP contribution in [0.3, 0.4) is 0 Å². The first-order valence-electron chi connectivity index (χ1n) is 9.07. The van der Waals surface area contributed by atoms with Gasteiger partial charge in [-0.25, -0.2) is 14.6 Å². The molecular formula is C19H20N6O2. The molecule has 4 heterocycles. The average Bonchev–Trinajstić information content (AvgIpc) is 3.34. The first-order chi connectivity index (χ1) is 13.1. The van der Waals surface area contributed by atoms with Gasteiger partial charge in [0.2, 0.25) is 5.91 Å². The van der Waals surface area contributed by atoms with Crippen LogP contribution in [0.25, 0.3) is 17.1 Å². The molecule has 0 N–H and O–H groups in total. The predicted octanol–water partition coefficient (Wildman–Crippen LogP) is 1.93. The monoisotopic (exact) mass is 364 g/mol. The molecule has 8 heteroatoms. The van der Waals surface area contributed by atoms with E-state index in [2.05, 4.69) is 9.55 Å². The smallest absolute Gasteiger partial charge is 0.223 e. The molecular weight excluding hydrogens is 344 g/mol. The molecule has 3 aromatic rings. The summed E-state index contributed by atoms with van der Waals surface area (Å²) in [5, 5.41) is 4.71. The van der Waals surface area contributed by atoms with Gasteiger partial charge in [0.15, 0.2) is 11.6 Å². The van der Waals surface area contributed by atoms with Crippen LogP contribution in [0.1, 0.15) is 30.1 Å². The fraction of sp³-hybridized carbons (Fsp3) is 0.368.